The number of fused-ring (bicyclic) bond motifs is 3. The predicted octanol–water partition coefficient (Wildman–Crippen LogP) is 8.20. The number of thiazole rings is 1. The molecule has 0 bridgehead atoms. The summed E-state index contributed by atoms with van der Waals surface area (Å²) in [7, 11) is 1.48. The molecule has 4 aromatic heterocycles. The van der Waals surface area contributed by atoms with Crippen molar-refractivity contribution in [1.82, 2.24) is 24.6 Å². The van der Waals surface area contributed by atoms with Crippen LogP contribution in [0.1, 0.15) is 31.6 Å². The molecule has 7 rings (SSSR count). The number of halogens is 3. The third kappa shape index (κ3) is 5.28. The van der Waals surface area contributed by atoms with Gasteiger partial charge in [0.1, 0.15) is 41.2 Å². The third-order valence-electron chi connectivity index (χ3n) is 8.33. The standard InChI is InChI=1S/C34H28F3N5O3S2/c1-5-28(43)41-14-17(2)42-25(18(41)3)13-24(40-42)33-31(29-21(36)11-20(35)12-26(29)45-9-8-44-4)30-22(37)15-46-34(30)32(39-33)19-6-7-27-23(10-19)38-16-47-27/h5-7,10-13,15-18H,1,8-9,14H2,2-4H3/t17-,18+/m0/s1. The highest BCUT2D eigenvalue weighted by atomic mass is 32.1. The van der Waals surface area contributed by atoms with Crippen molar-refractivity contribution in [2.45, 2.75) is 25.9 Å². The van der Waals surface area contributed by atoms with E-state index < -0.39 is 17.5 Å². The molecule has 2 atom stereocenters. The highest BCUT2D eigenvalue weighted by molar-refractivity contribution is 7.18. The van der Waals surface area contributed by atoms with Gasteiger partial charge in [0.05, 0.1) is 56.1 Å². The van der Waals surface area contributed by atoms with E-state index in [1.54, 1.807) is 16.5 Å². The Hall–Kier alpha value is -4.59. The number of pyridine rings is 1. The maximum Gasteiger partial charge on any atom is 0.246 e. The lowest BCUT2D eigenvalue weighted by molar-refractivity contribution is -0.129. The largest absolute Gasteiger partial charge is 0.490 e. The van der Waals surface area contributed by atoms with E-state index >= 15 is 8.78 Å². The second-order valence-electron chi connectivity index (χ2n) is 11.2. The Morgan fingerprint density at radius 3 is 2.68 bits per heavy atom. The molecular formula is C34H28F3N5O3S2. The molecule has 1 amide bonds. The molecule has 0 saturated heterocycles. The van der Waals surface area contributed by atoms with Gasteiger partial charge in [0.25, 0.3) is 0 Å². The molecule has 1 aliphatic heterocycles. The molecule has 47 heavy (non-hydrogen) atoms. The summed E-state index contributed by atoms with van der Waals surface area (Å²) in [6.45, 7) is 8.00. The summed E-state index contributed by atoms with van der Waals surface area (Å²) >= 11 is 2.63. The van der Waals surface area contributed by atoms with Gasteiger partial charge in [-0.1, -0.05) is 12.6 Å². The zero-order valence-electron chi connectivity index (χ0n) is 25.6. The Balaban J connectivity index is 1.54. The number of aromatic nitrogens is 4. The first kappa shape index (κ1) is 31.0. The highest BCUT2D eigenvalue weighted by Crippen LogP contribution is 2.48. The van der Waals surface area contributed by atoms with Crippen LogP contribution < -0.4 is 4.74 Å². The summed E-state index contributed by atoms with van der Waals surface area (Å²) in [6, 6.07) is 8.71. The predicted molar refractivity (Wildman–Crippen MR) is 177 cm³/mol. The van der Waals surface area contributed by atoms with Gasteiger partial charge in [-0.3, -0.25) is 9.48 Å². The van der Waals surface area contributed by atoms with E-state index in [1.807, 2.05) is 36.7 Å². The number of benzene rings is 2. The first-order valence-corrected chi connectivity index (χ1v) is 16.5. The van der Waals surface area contributed by atoms with E-state index in [0.717, 1.165) is 33.7 Å². The first-order chi connectivity index (χ1) is 22.7. The van der Waals surface area contributed by atoms with E-state index in [9.17, 15) is 9.18 Å². The zero-order chi connectivity index (χ0) is 33.0. The lowest BCUT2D eigenvalue weighted by Gasteiger charge is -2.36. The molecule has 0 radical (unpaired) electrons. The Kier molecular flexibility index (Phi) is 8.06. The number of hydrogen-bond donors (Lipinski definition) is 0. The molecule has 0 saturated carbocycles. The van der Waals surface area contributed by atoms with Gasteiger partial charge in [-0.2, -0.15) is 5.10 Å². The van der Waals surface area contributed by atoms with Gasteiger partial charge in [-0.05, 0) is 38.1 Å². The molecule has 2 aromatic carbocycles. The van der Waals surface area contributed by atoms with E-state index in [-0.39, 0.29) is 59.2 Å². The van der Waals surface area contributed by atoms with Crippen molar-refractivity contribution in [3.05, 3.63) is 83.1 Å². The average molecular weight is 676 g/mol. The van der Waals surface area contributed by atoms with E-state index in [1.165, 1.54) is 29.9 Å². The minimum atomic E-state index is -0.947. The fourth-order valence-electron chi connectivity index (χ4n) is 6.12. The quantitative estimate of drug-likeness (QED) is 0.120. The van der Waals surface area contributed by atoms with Gasteiger partial charge >= 0.3 is 0 Å². The van der Waals surface area contributed by atoms with Crippen LogP contribution in [-0.4, -0.2) is 57.4 Å². The Morgan fingerprint density at radius 2 is 1.89 bits per heavy atom. The summed E-state index contributed by atoms with van der Waals surface area (Å²) in [6.07, 6.45) is 1.27. The third-order valence-corrected chi connectivity index (χ3v) is 10.1. The van der Waals surface area contributed by atoms with Crippen molar-refractivity contribution in [3.8, 4) is 39.5 Å². The van der Waals surface area contributed by atoms with Crippen LogP contribution in [0.2, 0.25) is 0 Å². The number of ether oxygens (including phenoxy) is 2. The molecule has 240 valence electrons. The Labute approximate surface area is 275 Å². The van der Waals surface area contributed by atoms with Gasteiger partial charge in [-0.15, -0.1) is 22.7 Å². The lowest BCUT2D eigenvalue weighted by atomic mass is 9.94. The van der Waals surface area contributed by atoms with Crippen molar-refractivity contribution in [3.63, 3.8) is 0 Å². The van der Waals surface area contributed by atoms with Crippen molar-refractivity contribution in [1.29, 1.82) is 0 Å². The fraction of sp³-hybridized carbons (Fsp3) is 0.235. The van der Waals surface area contributed by atoms with E-state index in [0.29, 0.717) is 33.9 Å². The minimum absolute atomic E-state index is 0.00285. The van der Waals surface area contributed by atoms with Gasteiger partial charge in [0.2, 0.25) is 5.91 Å². The van der Waals surface area contributed by atoms with Crippen LogP contribution in [0.15, 0.2) is 59.9 Å². The number of nitrogens with zero attached hydrogens (tertiary/aromatic N) is 5. The minimum Gasteiger partial charge on any atom is -0.490 e. The molecule has 0 spiro atoms. The van der Waals surface area contributed by atoms with E-state index in [4.69, 9.17) is 19.6 Å². The smallest absolute Gasteiger partial charge is 0.246 e. The fourth-order valence-corrected chi connectivity index (χ4v) is 7.71. The number of carbonyl (C=O) groups excluding carboxylic acids is 1. The molecule has 8 nitrogen and oxygen atoms in total. The monoisotopic (exact) mass is 675 g/mol. The number of thiophene rings is 1. The van der Waals surface area contributed by atoms with Gasteiger partial charge in [0.15, 0.2) is 0 Å². The van der Waals surface area contributed by atoms with Crippen molar-refractivity contribution >= 4 is 48.9 Å². The molecule has 13 heteroatoms. The first-order valence-electron chi connectivity index (χ1n) is 14.8. The molecule has 0 N–H and O–H groups in total. The number of rotatable bonds is 8. The average Bonchev–Trinajstić information content (AvgIpc) is 3.81. The van der Waals surface area contributed by atoms with Crippen LogP contribution >= 0.6 is 22.7 Å². The molecule has 6 aromatic rings. The summed E-state index contributed by atoms with van der Waals surface area (Å²) in [5.74, 6) is -2.74. The van der Waals surface area contributed by atoms with E-state index in [2.05, 4.69) is 11.6 Å². The van der Waals surface area contributed by atoms with Crippen LogP contribution in [0, 0.1) is 17.5 Å². The normalized spacial score (nSPS) is 16.2. The highest BCUT2D eigenvalue weighted by Gasteiger charge is 2.34. The van der Waals surface area contributed by atoms with Crippen LogP contribution in [0.3, 0.4) is 0 Å². The van der Waals surface area contributed by atoms with Gasteiger partial charge in [0, 0.05) is 47.7 Å². The molecule has 0 aliphatic carbocycles. The van der Waals surface area contributed by atoms with Gasteiger partial charge in [-0.25, -0.2) is 23.1 Å². The second kappa shape index (κ2) is 12.2. The van der Waals surface area contributed by atoms with Crippen LogP contribution in [-0.2, 0) is 9.53 Å². The summed E-state index contributed by atoms with van der Waals surface area (Å²) in [5.41, 5.74) is 4.81. The summed E-state index contributed by atoms with van der Waals surface area (Å²) in [5, 5.41) is 6.36. The maximum absolute atomic E-state index is 16.1. The SMILES string of the molecule is C=CC(=O)N1C[C@H](C)n2nc(-c3nc(-c4ccc5scnc5c4)c4scc(F)c4c3-c3c(F)cc(F)cc3OCCOC)cc2[C@H]1C. The number of hydrogen-bond acceptors (Lipinski definition) is 8. The molecular weight excluding hydrogens is 648 g/mol. The summed E-state index contributed by atoms with van der Waals surface area (Å²) < 4.78 is 61.0. The van der Waals surface area contributed by atoms with Crippen molar-refractivity contribution in [2.24, 2.45) is 0 Å². The summed E-state index contributed by atoms with van der Waals surface area (Å²) in [4.78, 5) is 24.0. The van der Waals surface area contributed by atoms with Crippen LogP contribution in [0.25, 0.3) is 54.1 Å². The topological polar surface area (TPSA) is 82.4 Å². The number of amides is 1. The zero-order valence-corrected chi connectivity index (χ0v) is 27.2. The van der Waals surface area contributed by atoms with Gasteiger partial charge < -0.3 is 14.4 Å². The lowest BCUT2D eigenvalue weighted by Crippen LogP contribution is -2.42. The number of methoxy groups -OCH3 is 1. The Bertz CT molecular complexity index is 2190. The van der Waals surface area contributed by atoms with Crippen LogP contribution in [0.4, 0.5) is 13.2 Å². The maximum atomic E-state index is 16.1. The van der Waals surface area contributed by atoms with Crippen LogP contribution in [0.5, 0.6) is 5.75 Å². The molecule has 1 aliphatic rings. The molecule has 0 fully saturated rings. The molecule has 0 unspecified atom stereocenters. The number of carbonyl (C=O) groups is 1. The Morgan fingerprint density at radius 1 is 1.06 bits per heavy atom. The van der Waals surface area contributed by atoms with Crippen molar-refractivity contribution < 1.29 is 27.4 Å². The molecule has 5 heterocycles. The van der Waals surface area contributed by atoms with Crippen molar-refractivity contribution in [2.75, 3.05) is 26.9 Å². The second-order valence-corrected chi connectivity index (χ2v) is 13.0.